The van der Waals surface area contributed by atoms with Gasteiger partial charge in [-0.1, -0.05) is 41.9 Å². The summed E-state index contributed by atoms with van der Waals surface area (Å²) in [6, 6.07) is 20.4. The van der Waals surface area contributed by atoms with E-state index in [2.05, 4.69) is 0 Å². The van der Waals surface area contributed by atoms with E-state index in [9.17, 15) is 14.7 Å². The van der Waals surface area contributed by atoms with Gasteiger partial charge in [0, 0.05) is 31.0 Å². The number of aliphatic hydroxyl groups excluding tert-OH is 1. The second kappa shape index (κ2) is 9.00. The van der Waals surface area contributed by atoms with Crippen LogP contribution in [-0.4, -0.2) is 38.0 Å². The third-order valence-electron chi connectivity index (χ3n) is 5.63. The van der Waals surface area contributed by atoms with Crippen LogP contribution in [0.3, 0.4) is 0 Å². The average Bonchev–Trinajstić information content (AvgIpc) is 3.09. The first-order chi connectivity index (χ1) is 15.8. The molecule has 1 unspecified atom stereocenters. The number of amides is 1. The molecule has 3 aromatic carbocycles. The van der Waals surface area contributed by atoms with Crippen LogP contribution in [0, 0.1) is 0 Å². The lowest BCUT2D eigenvalue weighted by molar-refractivity contribution is -0.132. The fourth-order valence-electron chi connectivity index (χ4n) is 3.93. The van der Waals surface area contributed by atoms with Gasteiger partial charge in [-0.2, -0.15) is 0 Å². The first kappa shape index (κ1) is 22.4. The number of rotatable bonds is 5. The minimum atomic E-state index is -0.794. The summed E-state index contributed by atoms with van der Waals surface area (Å²) in [5.41, 5.74) is 2.55. The van der Waals surface area contributed by atoms with Crippen molar-refractivity contribution < 1.29 is 19.4 Å². The van der Waals surface area contributed by atoms with Gasteiger partial charge in [-0.3, -0.25) is 14.5 Å². The molecule has 1 N–H and O–H groups in total. The van der Waals surface area contributed by atoms with Crippen LogP contribution in [0.15, 0.2) is 78.4 Å². The van der Waals surface area contributed by atoms with E-state index < -0.39 is 17.7 Å². The van der Waals surface area contributed by atoms with Gasteiger partial charge in [0.1, 0.15) is 11.5 Å². The van der Waals surface area contributed by atoms with E-state index in [-0.39, 0.29) is 16.4 Å². The quantitative estimate of drug-likeness (QED) is 0.327. The minimum Gasteiger partial charge on any atom is -0.507 e. The molecule has 1 aliphatic rings. The zero-order chi connectivity index (χ0) is 23.7. The molecule has 0 aliphatic carbocycles. The number of anilines is 2. The average molecular weight is 463 g/mol. The molecular weight excluding hydrogens is 440 g/mol. The molecule has 1 amide bonds. The molecule has 1 aliphatic heterocycles. The van der Waals surface area contributed by atoms with Gasteiger partial charge < -0.3 is 14.7 Å². The summed E-state index contributed by atoms with van der Waals surface area (Å²) in [5, 5.41) is 11.5. The van der Waals surface area contributed by atoms with E-state index in [1.807, 2.05) is 61.5 Å². The molecule has 0 radical (unpaired) electrons. The van der Waals surface area contributed by atoms with Crippen LogP contribution in [0.25, 0.3) is 5.76 Å². The summed E-state index contributed by atoms with van der Waals surface area (Å²) in [5.74, 6) is -1.32. The highest BCUT2D eigenvalue weighted by atomic mass is 35.5. The third-order valence-corrected chi connectivity index (χ3v) is 5.92. The van der Waals surface area contributed by atoms with Crippen molar-refractivity contribution in [2.75, 3.05) is 31.0 Å². The molecule has 1 atom stereocenters. The molecule has 7 heteroatoms. The number of ether oxygens (including phenoxy) is 1. The van der Waals surface area contributed by atoms with Crippen molar-refractivity contribution in [2.24, 2.45) is 0 Å². The highest BCUT2D eigenvalue weighted by Crippen LogP contribution is 2.42. The van der Waals surface area contributed by atoms with E-state index in [0.717, 1.165) is 5.69 Å². The van der Waals surface area contributed by atoms with Gasteiger partial charge >= 0.3 is 0 Å². The number of hydrogen-bond acceptors (Lipinski definition) is 5. The number of nitrogens with zero attached hydrogens (tertiary/aromatic N) is 2. The second-order valence-corrected chi connectivity index (χ2v) is 8.25. The van der Waals surface area contributed by atoms with Crippen molar-refractivity contribution in [3.8, 4) is 5.75 Å². The van der Waals surface area contributed by atoms with Crippen LogP contribution in [0.2, 0.25) is 5.02 Å². The Bertz CT molecular complexity index is 1240. The highest BCUT2D eigenvalue weighted by Gasteiger charge is 2.46. The molecule has 33 heavy (non-hydrogen) atoms. The fourth-order valence-corrected chi connectivity index (χ4v) is 4.19. The maximum atomic E-state index is 13.2. The molecule has 168 valence electrons. The number of hydrogen-bond donors (Lipinski definition) is 1. The standard InChI is InChI=1S/C26H23ClN2O4/c1-28(2)18-10-12-19(13-11-18)29-23(16-7-5-4-6-8-16)22(25(31)26(29)32)24(30)17-9-14-21(33-3)20(27)15-17/h4-15,23,30H,1-3H3/b24-22-. The zero-order valence-corrected chi connectivity index (χ0v) is 19.2. The minimum absolute atomic E-state index is 0.00381. The Morgan fingerprint density at radius 1 is 1.00 bits per heavy atom. The number of Topliss-reactive ketones (excluding diaryl/α,β-unsaturated/α-hetero) is 1. The molecule has 4 rings (SSSR count). The van der Waals surface area contributed by atoms with Gasteiger partial charge in [0.05, 0.1) is 23.7 Å². The molecule has 0 aromatic heterocycles. The first-order valence-electron chi connectivity index (χ1n) is 10.3. The molecule has 6 nitrogen and oxygen atoms in total. The second-order valence-electron chi connectivity index (χ2n) is 7.84. The topological polar surface area (TPSA) is 70.1 Å². The molecule has 0 spiro atoms. The van der Waals surface area contributed by atoms with Gasteiger partial charge in [-0.15, -0.1) is 0 Å². The molecule has 0 bridgehead atoms. The number of carbonyl (C=O) groups excluding carboxylic acids is 2. The number of methoxy groups -OCH3 is 1. The lowest BCUT2D eigenvalue weighted by Gasteiger charge is -2.26. The summed E-state index contributed by atoms with van der Waals surface area (Å²) in [4.78, 5) is 29.8. The Labute approximate surface area is 197 Å². The van der Waals surface area contributed by atoms with Crippen LogP contribution in [0.4, 0.5) is 11.4 Å². The van der Waals surface area contributed by atoms with E-state index in [4.69, 9.17) is 16.3 Å². The fraction of sp³-hybridized carbons (Fsp3) is 0.154. The van der Waals surface area contributed by atoms with Gasteiger partial charge in [-0.25, -0.2) is 0 Å². The lowest BCUT2D eigenvalue weighted by atomic mass is 9.95. The molecule has 1 saturated heterocycles. The SMILES string of the molecule is COc1ccc(/C(O)=C2/C(=O)C(=O)N(c3ccc(N(C)C)cc3)C2c2ccccc2)cc1Cl. The number of benzene rings is 3. The Kier molecular flexibility index (Phi) is 6.11. The van der Waals surface area contributed by atoms with Crippen LogP contribution in [0.5, 0.6) is 5.75 Å². The third kappa shape index (κ3) is 4.05. The predicted molar refractivity (Wildman–Crippen MR) is 130 cm³/mol. The van der Waals surface area contributed by atoms with Crippen LogP contribution in [0.1, 0.15) is 17.2 Å². The number of carbonyl (C=O) groups is 2. The van der Waals surface area contributed by atoms with Crippen molar-refractivity contribution in [3.05, 3.63) is 94.5 Å². The Morgan fingerprint density at radius 3 is 2.24 bits per heavy atom. The van der Waals surface area contributed by atoms with Gasteiger partial charge in [0.15, 0.2) is 0 Å². The smallest absolute Gasteiger partial charge is 0.300 e. The van der Waals surface area contributed by atoms with Crippen LogP contribution >= 0.6 is 11.6 Å². The van der Waals surface area contributed by atoms with Crippen molar-refractivity contribution in [1.29, 1.82) is 0 Å². The molecule has 1 heterocycles. The predicted octanol–water partition coefficient (Wildman–Crippen LogP) is 5.04. The lowest BCUT2D eigenvalue weighted by Crippen LogP contribution is -2.29. The maximum absolute atomic E-state index is 13.2. The molecule has 0 saturated carbocycles. The normalized spacial score (nSPS) is 17.3. The molecule has 3 aromatic rings. The number of ketones is 1. The summed E-state index contributed by atoms with van der Waals surface area (Å²) >= 11 is 6.24. The monoisotopic (exact) mass is 462 g/mol. The van der Waals surface area contributed by atoms with E-state index >= 15 is 0 Å². The summed E-state index contributed by atoms with van der Waals surface area (Å²) in [7, 11) is 5.33. The van der Waals surface area contributed by atoms with Crippen molar-refractivity contribution in [2.45, 2.75) is 6.04 Å². The summed E-state index contributed by atoms with van der Waals surface area (Å²) in [6.45, 7) is 0. The van der Waals surface area contributed by atoms with Gasteiger partial charge in [0.25, 0.3) is 11.7 Å². The van der Waals surface area contributed by atoms with E-state index in [0.29, 0.717) is 22.6 Å². The van der Waals surface area contributed by atoms with Crippen LogP contribution in [-0.2, 0) is 9.59 Å². The van der Waals surface area contributed by atoms with E-state index in [1.54, 1.807) is 24.3 Å². The Morgan fingerprint density at radius 2 is 1.67 bits per heavy atom. The summed E-state index contributed by atoms with van der Waals surface area (Å²) < 4.78 is 5.17. The van der Waals surface area contributed by atoms with Crippen LogP contribution < -0.4 is 14.5 Å². The van der Waals surface area contributed by atoms with Crippen molar-refractivity contribution in [1.82, 2.24) is 0 Å². The van der Waals surface area contributed by atoms with Gasteiger partial charge in [0.2, 0.25) is 0 Å². The maximum Gasteiger partial charge on any atom is 0.300 e. The molecule has 1 fully saturated rings. The highest BCUT2D eigenvalue weighted by molar-refractivity contribution is 6.51. The number of aliphatic hydroxyl groups is 1. The number of halogens is 1. The first-order valence-corrected chi connectivity index (χ1v) is 10.7. The Balaban J connectivity index is 1.89. The molecular formula is C26H23ClN2O4. The van der Waals surface area contributed by atoms with Crippen molar-refractivity contribution in [3.63, 3.8) is 0 Å². The van der Waals surface area contributed by atoms with Crippen molar-refractivity contribution >= 4 is 40.4 Å². The van der Waals surface area contributed by atoms with E-state index in [1.165, 1.54) is 18.1 Å². The summed E-state index contributed by atoms with van der Waals surface area (Å²) in [6.07, 6.45) is 0. The van der Waals surface area contributed by atoms with Gasteiger partial charge in [-0.05, 0) is 48.0 Å². The zero-order valence-electron chi connectivity index (χ0n) is 18.4. The largest absolute Gasteiger partial charge is 0.507 e. The Hall–Kier alpha value is -3.77.